The molecule has 0 heterocycles. The fraction of sp³-hybridized carbons (Fsp3) is 0.864. The standard InChI is InChI=1S/C22H34O5/c1-19-8-5-15(23)13-14(19)3-4-17-16(19)6-9-20(2)21(26,10-7-18(24)25)11-12-22(17,20)27/h7,10,14-17,23,26-27H,3-6,8-9,11-13H2,1-2H3,(H,24,25)/b10-7+/t14-,15+,16+,17-,19+,20-,21-,22+/m1/s1. The van der Waals surface area contributed by atoms with Crippen molar-refractivity contribution in [2.45, 2.75) is 88.9 Å². The molecule has 4 aliphatic carbocycles. The number of fused-ring (bicyclic) bond motifs is 5. The van der Waals surface area contributed by atoms with Crippen molar-refractivity contribution in [2.24, 2.45) is 28.6 Å². The fourth-order valence-corrected chi connectivity index (χ4v) is 7.73. The third-order valence-electron chi connectivity index (χ3n) is 9.53. The predicted molar refractivity (Wildman–Crippen MR) is 101 cm³/mol. The zero-order valence-electron chi connectivity index (χ0n) is 16.5. The van der Waals surface area contributed by atoms with Crippen molar-refractivity contribution >= 4 is 5.97 Å². The number of aliphatic hydroxyl groups is 3. The Labute approximate surface area is 161 Å². The highest BCUT2D eigenvalue weighted by Crippen LogP contribution is 2.70. The van der Waals surface area contributed by atoms with E-state index in [-0.39, 0.29) is 17.4 Å². The van der Waals surface area contributed by atoms with Gasteiger partial charge in [0.1, 0.15) is 0 Å². The molecule has 4 aliphatic rings. The van der Waals surface area contributed by atoms with E-state index >= 15 is 0 Å². The van der Waals surface area contributed by atoms with Gasteiger partial charge in [0.15, 0.2) is 0 Å². The number of aliphatic hydroxyl groups excluding tert-OH is 1. The second kappa shape index (κ2) is 6.04. The lowest BCUT2D eigenvalue weighted by atomic mass is 9.43. The molecule has 0 aromatic rings. The maximum absolute atomic E-state index is 11.9. The summed E-state index contributed by atoms with van der Waals surface area (Å²) in [6, 6.07) is 0. The highest BCUT2D eigenvalue weighted by molar-refractivity contribution is 5.80. The lowest BCUT2D eigenvalue weighted by Gasteiger charge is -2.64. The number of carboxylic acid groups (broad SMARTS) is 1. The van der Waals surface area contributed by atoms with Crippen molar-refractivity contribution in [3.8, 4) is 0 Å². The van der Waals surface area contributed by atoms with Crippen LogP contribution >= 0.6 is 0 Å². The van der Waals surface area contributed by atoms with Crippen LogP contribution in [0.1, 0.15) is 71.6 Å². The number of hydrogen-bond donors (Lipinski definition) is 4. The van der Waals surface area contributed by atoms with Crippen molar-refractivity contribution in [1.29, 1.82) is 0 Å². The summed E-state index contributed by atoms with van der Waals surface area (Å²) < 4.78 is 0. The van der Waals surface area contributed by atoms with E-state index in [1.165, 1.54) is 6.08 Å². The second-order valence-corrected chi connectivity index (χ2v) is 10.3. The molecule has 0 unspecified atom stereocenters. The molecule has 0 radical (unpaired) electrons. The molecule has 0 bridgehead atoms. The quantitative estimate of drug-likeness (QED) is 0.554. The normalized spacial score (nSPS) is 55.0. The number of carboxylic acids is 1. The first-order valence-corrected chi connectivity index (χ1v) is 10.6. The van der Waals surface area contributed by atoms with Crippen molar-refractivity contribution in [3.05, 3.63) is 12.2 Å². The molecule has 0 aromatic heterocycles. The Bertz CT molecular complexity index is 661. The molecular weight excluding hydrogens is 344 g/mol. The SMILES string of the molecule is C[C@]12CC[C@H](O)C[C@H]1CC[C@@H]1[C@@H]2CC[C@]2(C)[C@@](O)(/C=C/C(=O)O)CC[C@]12O. The van der Waals surface area contributed by atoms with Crippen LogP contribution in [0.25, 0.3) is 0 Å². The molecule has 5 nitrogen and oxygen atoms in total. The van der Waals surface area contributed by atoms with Crippen LogP contribution in [0.4, 0.5) is 0 Å². The van der Waals surface area contributed by atoms with Crippen molar-refractivity contribution in [3.63, 3.8) is 0 Å². The van der Waals surface area contributed by atoms with Gasteiger partial charge in [0.2, 0.25) is 0 Å². The number of hydrogen-bond acceptors (Lipinski definition) is 4. The minimum absolute atomic E-state index is 0.139. The summed E-state index contributed by atoms with van der Waals surface area (Å²) in [4.78, 5) is 11.0. The largest absolute Gasteiger partial charge is 0.478 e. The van der Waals surface area contributed by atoms with Crippen molar-refractivity contribution in [2.75, 3.05) is 0 Å². The van der Waals surface area contributed by atoms with E-state index in [9.17, 15) is 20.1 Å². The van der Waals surface area contributed by atoms with Crippen LogP contribution < -0.4 is 0 Å². The summed E-state index contributed by atoms with van der Waals surface area (Å²) in [5.74, 6) is 0.000191. The average Bonchev–Trinajstić information content (AvgIpc) is 2.82. The number of rotatable bonds is 2. The molecule has 0 saturated heterocycles. The molecule has 0 amide bonds. The third kappa shape index (κ3) is 2.50. The average molecular weight is 379 g/mol. The smallest absolute Gasteiger partial charge is 0.328 e. The Morgan fingerprint density at radius 1 is 0.963 bits per heavy atom. The Morgan fingerprint density at radius 2 is 1.70 bits per heavy atom. The molecule has 4 fully saturated rings. The minimum Gasteiger partial charge on any atom is -0.478 e. The van der Waals surface area contributed by atoms with Crippen LogP contribution in [0.5, 0.6) is 0 Å². The summed E-state index contributed by atoms with van der Waals surface area (Å²) in [6.45, 7) is 4.32. The first kappa shape index (κ1) is 19.4. The zero-order chi connectivity index (χ0) is 19.7. The van der Waals surface area contributed by atoms with Gasteiger partial charge in [-0.25, -0.2) is 4.79 Å². The Hall–Kier alpha value is -0.910. The Kier molecular flexibility index (Phi) is 4.34. The van der Waals surface area contributed by atoms with E-state index in [1.54, 1.807) is 0 Å². The lowest BCUT2D eigenvalue weighted by molar-refractivity contribution is -0.227. The van der Waals surface area contributed by atoms with E-state index in [0.29, 0.717) is 31.1 Å². The van der Waals surface area contributed by atoms with Gasteiger partial charge in [0.25, 0.3) is 0 Å². The second-order valence-electron chi connectivity index (χ2n) is 10.3. The van der Waals surface area contributed by atoms with Crippen LogP contribution in [0.3, 0.4) is 0 Å². The van der Waals surface area contributed by atoms with Gasteiger partial charge in [-0.15, -0.1) is 0 Å². The molecule has 0 aliphatic heterocycles. The Balaban J connectivity index is 1.67. The van der Waals surface area contributed by atoms with Crippen LogP contribution in [-0.2, 0) is 4.79 Å². The van der Waals surface area contributed by atoms with Gasteiger partial charge in [-0.3, -0.25) is 0 Å². The number of aliphatic carboxylic acids is 1. The van der Waals surface area contributed by atoms with E-state index in [1.807, 2.05) is 6.92 Å². The summed E-state index contributed by atoms with van der Waals surface area (Å²) in [6.07, 6.45) is 9.54. The minimum atomic E-state index is -1.27. The summed E-state index contributed by atoms with van der Waals surface area (Å²) in [7, 11) is 0. The molecule has 4 saturated carbocycles. The first-order chi connectivity index (χ1) is 12.6. The van der Waals surface area contributed by atoms with Crippen molar-refractivity contribution < 1.29 is 25.2 Å². The predicted octanol–water partition coefficient (Wildman–Crippen LogP) is 2.88. The van der Waals surface area contributed by atoms with E-state index in [4.69, 9.17) is 5.11 Å². The van der Waals surface area contributed by atoms with Gasteiger partial charge in [0, 0.05) is 11.5 Å². The van der Waals surface area contributed by atoms with Crippen LogP contribution in [0.15, 0.2) is 12.2 Å². The van der Waals surface area contributed by atoms with Crippen LogP contribution in [0.2, 0.25) is 0 Å². The maximum atomic E-state index is 11.9. The van der Waals surface area contributed by atoms with E-state index < -0.39 is 22.6 Å². The summed E-state index contributed by atoms with van der Waals surface area (Å²) >= 11 is 0. The van der Waals surface area contributed by atoms with Gasteiger partial charge >= 0.3 is 5.97 Å². The first-order valence-electron chi connectivity index (χ1n) is 10.6. The monoisotopic (exact) mass is 378 g/mol. The topological polar surface area (TPSA) is 98.0 Å². The van der Waals surface area contributed by atoms with Gasteiger partial charge in [-0.1, -0.05) is 13.8 Å². The van der Waals surface area contributed by atoms with E-state index in [2.05, 4.69) is 6.92 Å². The summed E-state index contributed by atoms with van der Waals surface area (Å²) in [5.41, 5.74) is -2.80. The van der Waals surface area contributed by atoms with Crippen molar-refractivity contribution in [1.82, 2.24) is 0 Å². The highest BCUT2D eigenvalue weighted by atomic mass is 16.4. The molecule has 8 atom stereocenters. The fourth-order valence-electron chi connectivity index (χ4n) is 7.73. The molecule has 152 valence electrons. The lowest BCUT2D eigenvalue weighted by Crippen LogP contribution is -2.65. The molecule has 0 aromatic carbocycles. The molecule has 5 heteroatoms. The highest BCUT2D eigenvalue weighted by Gasteiger charge is 2.71. The van der Waals surface area contributed by atoms with Gasteiger partial charge in [-0.05, 0) is 87.0 Å². The van der Waals surface area contributed by atoms with Crippen LogP contribution in [-0.4, -0.2) is 43.7 Å². The molecule has 4 rings (SSSR count). The molecule has 27 heavy (non-hydrogen) atoms. The molecular formula is C22H34O5. The van der Waals surface area contributed by atoms with E-state index in [0.717, 1.165) is 44.6 Å². The summed E-state index contributed by atoms with van der Waals surface area (Å²) in [5, 5.41) is 42.4. The third-order valence-corrected chi connectivity index (χ3v) is 9.53. The van der Waals surface area contributed by atoms with Gasteiger partial charge in [-0.2, -0.15) is 0 Å². The Morgan fingerprint density at radius 3 is 2.41 bits per heavy atom. The van der Waals surface area contributed by atoms with Crippen LogP contribution in [0, 0.1) is 28.6 Å². The molecule has 0 spiro atoms. The molecule has 4 N–H and O–H groups in total. The number of carbonyl (C=O) groups is 1. The van der Waals surface area contributed by atoms with Gasteiger partial charge in [0.05, 0.1) is 17.3 Å². The van der Waals surface area contributed by atoms with Gasteiger partial charge < -0.3 is 20.4 Å². The zero-order valence-corrected chi connectivity index (χ0v) is 16.5. The maximum Gasteiger partial charge on any atom is 0.328 e.